The fourth-order valence-electron chi connectivity index (χ4n) is 5.02. The minimum Gasteiger partial charge on any atom is -0.463 e. The van der Waals surface area contributed by atoms with Crippen molar-refractivity contribution < 1.29 is 14.6 Å². The summed E-state index contributed by atoms with van der Waals surface area (Å²) in [7, 11) is 0. The molecule has 0 bridgehead atoms. The second kappa shape index (κ2) is 10.3. The minimum atomic E-state index is -0.676. The quantitative estimate of drug-likeness (QED) is 0.506. The molecule has 8 nitrogen and oxygen atoms in total. The van der Waals surface area contributed by atoms with Crippen LogP contribution in [0.1, 0.15) is 76.2 Å². The monoisotopic (exact) mass is 493 g/mol. The Labute approximate surface area is 213 Å². The van der Waals surface area contributed by atoms with Gasteiger partial charge in [0.1, 0.15) is 11.4 Å². The lowest BCUT2D eigenvalue weighted by Crippen LogP contribution is -2.41. The van der Waals surface area contributed by atoms with Gasteiger partial charge in [0, 0.05) is 11.0 Å². The fourth-order valence-corrected chi connectivity index (χ4v) is 5.02. The van der Waals surface area contributed by atoms with E-state index in [0.29, 0.717) is 41.6 Å². The van der Waals surface area contributed by atoms with Crippen molar-refractivity contribution in [3.63, 3.8) is 0 Å². The number of aromatic nitrogens is 2. The first kappa shape index (κ1) is 26.2. The van der Waals surface area contributed by atoms with Crippen molar-refractivity contribution in [3.05, 3.63) is 41.2 Å². The number of Topliss-reactive ketones (excluding diaryl/α,β-unsaturated/α-hetero) is 1. The molecule has 0 atom stereocenters. The highest BCUT2D eigenvalue weighted by atomic mass is 16.5. The second-order valence-electron chi connectivity index (χ2n) is 11.3. The van der Waals surface area contributed by atoms with E-state index in [0.717, 1.165) is 43.5 Å². The van der Waals surface area contributed by atoms with Gasteiger partial charge in [0.25, 0.3) is 0 Å². The summed E-state index contributed by atoms with van der Waals surface area (Å²) in [5, 5.41) is 12.7. The molecule has 0 radical (unpaired) electrons. The van der Waals surface area contributed by atoms with Crippen molar-refractivity contribution in [2.75, 3.05) is 25.4 Å². The number of aryl methyl sites for hydroxylation is 1. The molecule has 1 aliphatic heterocycles. The predicted molar refractivity (Wildman–Crippen MR) is 142 cm³/mol. The van der Waals surface area contributed by atoms with E-state index < -0.39 is 11.0 Å². The number of hydrogen-bond acceptors (Lipinski definition) is 8. The Hall–Kier alpha value is -2.84. The number of nitrogens with zero attached hydrogens (tertiary/aromatic N) is 3. The third kappa shape index (κ3) is 5.60. The molecule has 0 saturated heterocycles. The molecule has 194 valence electrons. The average Bonchev–Trinajstić information content (AvgIpc) is 2.83. The van der Waals surface area contributed by atoms with E-state index in [-0.39, 0.29) is 12.4 Å². The molecule has 1 fully saturated rings. The van der Waals surface area contributed by atoms with Crippen LogP contribution in [0, 0.1) is 18.3 Å². The van der Waals surface area contributed by atoms with Crippen molar-refractivity contribution in [2.24, 2.45) is 16.3 Å². The lowest BCUT2D eigenvalue weighted by Gasteiger charge is -2.32. The number of ether oxygens (including phenoxy) is 1. The highest BCUT2D eigenvalue weighted by molar-refractivity contribution is 6.09. The molecule has 1 aliphatic carbocycles. The van der Waals surface area contributed by atoms with Crippen LogP contribution in [-0.2, 0) is 4.79 Å². The maximum Gasteiger partial charge on any atom is 0.246 e. The first-order valence-electron chi connectivity index (χ1n) is 12.9. The largest absolute Gasteiger partial charge is 0.463 e. The maximum absolute atomic E-state index is 12.2. The van der Waals surface area contributed by atoms with Crippen molar-refractivity contribution in [2.45, 2.75) is 71.8 Å². The summed E-state index contributed by atoms with van der Waals surface area (Å²) in [6.07, 6.45) is 4.55. The number of benzene rings is 1. The molecule has 0 spiro atoms. The van der Waals surface area contributed by atoms with Crippen LogP contribution in [0.5, 0.6) is 5.88 Å². The van der Waals surface area contributed by atoms with Crippen LogP contribution >= 0.6 is 0 Å². The number of aliphatic hydroxyl groups is 1. The number of nitrogens with one attached hydrogen (secondary N) is 1. The molecule has 1 aromatic heterocycles. The van der Waals surface area contributed by atoms with E-state index >= 15 is 0 Å². The highest BCUT2D eigenvalue weighted by Gasteiger charge is 2.35. The molecule has 4 N–H and O–H groups in total. The van der Waals surface area contributed by atoms with Crippen LogP contribution < -0.4 is 15.8 Å². The van der Waals surface area contributed by atoms with E-state index in [4.69, 9.17) is 15.5 Å². The third-order valence-corrected chi connectivity index (χ3v) is 7.51. The van der Waals surface area contributed by atoms with Crippen LogP contribution in [0.3, 0.4) is 0 Å². The molecule has 2 heterocycles. The van der Waals surface area contributed by atoms with E-state index in [1.54, 1.807) is 20.8 Å². The number of rotatable bonds is 8. The zero-order valence-corrected chi connectivity index (χ0v) is 22.1. The van der Waals surface area contributed by atoms with E-state index in [1.165, 1.54) is 5.56 Å². The van der Waals surface area contributed by atoms with Gasteiger partial charge in [-0.15, -0.1) is 0 Å². The van der Waals surface area contributed by atoms with E-state index in [2.05, 4.69) is 39.6 Å². The molecular weight excluding hydrogens is 454 g/mol. The van der Waals surface area contributed by atoms with Gasteiger partial charge < -0.3 is 20.9 Å². The number of nitrogen functional groups attached to an aromatic ring is 1. The molecule has 1 aromatic carbocycles. The van der Waals surface area contributed by atoms with Gasteiger partial charge in [-0.05, 0) is 70.4 Å². The first-order valence-corrected chi connectivity index (χ1v) is 12.9. The topological polar surface area (TPSA) is 123 Å². The maximum atomic E-state index is 12.2. The zero-order chi connectivity index (χ0) is 26.1. The van der Waals surface area contributed by atoms with Crippen molar-refractivity contribution in [1.29, 1.82) is 0 Å². The van der Waals surface area contributed by atoms with Gasteiger partial charge in [-0.3, -0.25) is 4.79 Å². The number of aliphatic imine (C=N–C) groups is 1. The summed E-state index contributed by atoms with van der Waals surface area (Å²) in [6, 6.07) is 8.66. The third-order valence-electron chi connectivity index (χ3n) is 7.51. The standard InChI is InChI=1S/C28H39N5O3/c1-17-31-25(29)23-26(32-17)36-28(4,5)24(33-23)21-12-10-20(11-13-21)19-8-6-18(7-9-19)14-30-15-22(35)27(2,3)16-34/h10-13,18-19,30,34H,6-9,14-16H2,1-5H3,(H2,29,31,32). The molecule has 1 saturated carbocycles. The average molecular weight is 494 g/mol. The Morgan fingerprint density at radius 3 is 2.47 bits per heavy atom. The van der Waals surface area contributed by atoms with Gasteiger partial charge in [-0.1, -0.05) is 38.1 Å². The van der Waals surface area contributed by atoms with Crippen LogP contribution in [0.25, 0.3) is 0 Å². The molecular formula is C28H39N5O3. The number of hydrogen-bond donors (Lipinski definition) is 3. The molecule has 2 aromatic rings. The minimum absolute atomic E-state index is 0.0590. The Kier molecular flexibility index (Phi) is 7.48. The Morgan fingerprint density at radius 1 is 1.17 bits per heavy atom. The summed E-state index contributed by atoms with van der Waals surface area (Å²) in [4.78, 5) is 25.6. The smallest absolute Gasteiger partial charge is 0.246 e. The molecule has 4 rings (SSSR count). The summed E-state index contributed by atoms with van der Waals surface area (Å²) in [5.74, 6) is 2.50. The number of nitrogens with two attached hydrogens (primary N) is 1. The highest BCUT2D eigenvalue weighted by Crippen LogP contribution is 2.40. The second-order valence-corrected chi connectivity index (χ2v) is 11.3. The van der Waals surface area contributed by atoms with Gasteiger partial charge in [0.05, 0.1) is 18.9 Å². The number of carbonyl (C=O) groups excluding carboxylic acids is 1. The number of ketones is 1. The summed E-state index contributed by atoms with van der Waals surface area (Å²) in [5.41, 5.74) is 8.45. The Balaban J connectivity index is 1.36. The zero-order valence-electron chi connectivity index (χ0n) is 22.1. The lowest BCUT2D eigenvalue weighted by molar-refractivity contribution is -0.128. The van der Waals surface area contributed by atoms with E-state index in [1.807, 2.05) is 13.8 Å². The Morgan fingerprint density at radius 2 is 1.83 bits per heavy atom. The van der Waals surface area contributed by atoms with E-state index in [9.17, 15) is 9.90 Å². The van der Waals surface area contributed by atoms with Crippen LogP contribution in [0.2, 0.25) is 0 Å². The predicted octanol–water partition coefficient (Wildman–Crippen LogP) is 4.11. The molecule has 2 aliphatic rings. The number of aliphatic hydroxyl groups excluding tert-OH is 1. The first-order chi connectivity index (χ1) is 17.0. The number of carbonyl (C=O) groups is 1. The number of fused-ring (bicyclic) bond motifs is 1. The number of anilines is 1. The van der Waals surface area contributed by atoms with Crippen LogP contribution in [0.4, 0.5) is 11.5 Å². The fraction of sp³-hybridized carbons (Fsp3) is 0.571. The van der Waals surface area contributed by atoms with Crippen LogP contribution in [0.15, 0.2) is 29.3 Å². The van der Waals surface area contributed by atoms with Gasteiger partial charge in [0.15, 0.2) is 17.3 Å². The van der Waals surface area contributed by atoms with Crippen molar-refractivity contribution in [3.8, 4) is 5.88 Å². The van der Waals surface area contributed by atoms with Crippen molar-refractivity contribution in [1.82, 2.24) is 15.3 Å². The molecule has 0 amide bonds. The summed E-state index contributed by atoms with van der Waals surface area (Å²) < 4.78 is 6.18. The Bertz CT molecular complexity index is 1130. The van der Waals surface area contributed by atoms with Crippen molar-refractivity contribution >= 4 is 23.0 Å². The summed E-state index contributed by atoms with van der Waals surface area (Å²) >= 11 is 0. The molecule has 0 unspecified atom stereocenters. The molecule has 36 heavy (non-hydrogen) atoms. The van der Waals surface area contributed by atoms with Gasteiger partial charge in [-0.2, -0.15) is 4.98 Å². The van der Waals surface area contributed by atoms with Gasteiger partial charge in [0.2, 0.25) is 5.88 Å². The summed E-state index contributed by atoms with van der Waals surface area (Å²) in [6.45, 7) is 10.4. The van der Waals surface area contributed by atoms with Gasteiger partial charge in [-0.25, -0.2) is 9.98 Å². The van der Waals surface area contributed by atoms with Gasteiger partial charge >= 0.3 is 0 Å². The molecule has 8 heteroatoms. The van der Waals surface area contributed by atoms with Crippen LogP contribution in [-0.4, -0.2) is 51.9 Å². The SMILES string of the molecule is Cc1nc(N)c2c(n1)OC(C)(C)C(c1ccc(C3CCC(CNCC(=O)C(C)(C)CO)CC3)cc1)=N2. The normalized spacial score (nSPS) is 21.3. The lowest BCUT2D eigenvalue weighted by atomic mass is 9.78.